The van der Waals surface area contributed by atoms with Gasteiger partial charge in [-0.25, -0.2) is 4.39 Å². The van der Waals surface area contributed by atoms with Crippen molar-refractivity contribution < 1.29 is 23.5 Å². The molecule has 2 aromatic carbocycles. The third-order valence-electron chi connectivity index (χ3n) is 3.98. The Labute approximate surface area is 157 Å². The van der Waals surface area contributed by atoms with Crippen molar-refractivity contribution in [2.45, 2.75) is 19.8 Å². The zero-order valence-corrected chi connectivity index (χ0v) is 15.6. The Hall–Kier alpha value is -3.09. The molecule has 0 aliphatic carbocycles. The number of hydrogen-bond acceptors (Lipinski definition) is 4. The van der Waals surface area contributed by atoms with E-state index in [1.165, 1.54) is 31.4 Å². The van der Waals surface area contributed by atoms with Crippen LogP contribution in [0.4, 0.5) is 10.1 Å². The SMILES string of the molecule is COc1cc(C)c(NC(=O)CCCNC(=O)c2ccc(F)cc2)cc1OC. The quantitative estimate of drug-likeness (QED) is 0.695. The van der Waals surface area contributed by atoms with Gasteiger partial charge in [0, 0.05) is 30.3 Å². The number of halogens is 1. The molecule has 27 heavy (non-hydrogen) atoms. The molecule has 0 atom stereocenters. The summed E-state index contributed by atoms with van der Waals surface area (Å²) in [5.74, 6) is 0.266. The summed E-state index contributed by atoms with van der Waals surface area (Å²) >= 11 is 0. The summed E-state index contributed by atoms with van der Waals surface area (Å²) in [7, 11) is 3.08. The number of carbonyl (C=O) groups excluding carboxylic acids is 2. The van der Waals surface area contributed by atoms with Gasteiger partial charge in [-0.3, -0.25) is 9.59 Å². The zero-order chi connectivity index (χ0) is 19.8. The summed E-state index contributed by atoms with van der Waals surface area (Å²) in [6.07, 6.45) is 0.725. The zero-order valence-electron chi connectivity index (χ0n) is 15.6. The lowest BCUT2D eigenvalue weighted by Crippen LogP contribution is -2.25. The van der Waals surface area contributed by atoms with E-state index in [-0.39, 0.29) is 18.2 Å². The molecule has 0 fully saturated rings. The normalized spacial score (nSPS) is 10.2. The van der Waals surface area contributed by atoms with Crippen molar-refractivity contribution in [2.24, 2.45) is 0 Å². The molecule has 0 radical (unpaired) electrons. The van der Waals surface area contributed by atoms with Gasteiger partial charge in [0.2, 0.25) is 5.91 Å². The number of nitrogens with one attached hydrogen (secondary N) is 2. The molecule has 0 aliphatic rings. The highest BCUT2D eigenvalue weighted by Gasteiger charge is 2.11. The average Bonchev–Trinajstić information content (AvgIpc) is 2.66. The summed E-state index contributed by atoms with van der Waals surface area (Å²) < 4.78 is 23.3. The van der Waals surface area contributed by atoms with Crippen LogP contribution in [0.25, 0.3) is 0 Å². The molecule has 0 aliphatic heterocycles. The molecule has 2 N–H and O–H groups in total. The van der Waals surface area contributed by atoms with Crippen LogP contribution < -0.4 is 20.1 Å². The predicted octanol–water partition coefficient (Wildman–Crippen LogP) is 3.30. The second-order valence-electron chi connectivity index (χ2n) is 5.94. The Balaban J connectivity index is 1.81. The number of anilines is 1. The van der Waals surface area contributed by atoms with Crippen LogP contribution in [0.1, 0.15) is 28.8 Å². The predicted molar refractivity (Wildman–Crippen MR) is 101 cm³/mol. The van der Waals surface area contributed by atoms with Crippen LogP contribution in [-0.2, 0) is 4.79 Å². The van der Waals surface area contributed by atoms with Crippen molar-refractivity contribution in [3.63, 3.8) is 0 Å². The highest BCUT2D eigenvalue weighted by atomic mass is 19.1. The summed E-state index contributed by atoms with van der Waals surface area (Å²) in [5.41, 5.74) is 1.88. The molecular formula is C20H23FN2O4. The van der Waals surface area contributed by atoms with Crippen molar-refractivity contribution in [3.05, 3.63) is 53.3 Å². The molecule has 0 bridgehead atoms. The van der Waals surface area contributed by atoms with Crippen molar-refractivity contribution in [1.29, 1.82) is 0 Å². The molecule has 0 aromatic heterocycles. The lowest BCUT2D eigenvalue weighted by molar-refractivity contribution is -0.116. The van der Waals surface area contributed by atoms with Gasteiger partial charge in [-0.1, -0.05) is 0 Å². The van der Waals surface area contributed by atoms with Crippen LogP contribution in [0.2, 0.25) is 0 Å². The van der Waals surface area contributed by atoms with Gasteiger partial charge in [0.1, 0.15) is 5.82 Å². The summed E-state index contributed by atoms with van der Waals surface area (Å²) in [4.78, 5) is 24.0. The first-order valence-corrected chi connectivity index (χ1v) is 8.51. The third-order valence-corrected chi connectivity index (χ3v) is 3.98. The van der Waals surface area contributed by atoms with Crippen LogP contribution in [0.15, 0.2) is 36.4 Å². The number of methoxy groups -OCH3 is 2. The Morgan fingerprint density at radius 1 is 1.04 bits per heavy atom. The summed E-state index contributed by atoms with van der Waals surface area (Å²) in [6, 6.07) is 8.79. The van der Waals surface area contributed by atoms with Crippen LogP contribution in [0, 0.1) is 12.7 Å². The number of hydrogen-bond donors (Lipinski definition) is 2. The third kappa shape index (κ3) is 5.70. The highest BCUT2D eigenvalue weighted by molar-refractivity contribution is 5.94. The first-order valence-electron chi connectivity index (χ1n) is 8.51. The molecule has 0 saturated carbocycles. The molecule has 7 heteroatoms. The molecule has 2 rings (SSSR count). The molecular weight excluding hydrogens is 351 g/mol. The van der Waals surface area contributed by atoms with Gasteiger partial charge in [-0.2, -0.15) is 0 Å². The van der Waals surface area contributed by atoms with Crippen LogP contribution in [0.5, 0.6) is 11.5 Å². The van der Waals surface area contributed by atoms with E-state index >= 15 is 0 Å². The van der Waals surface area contributed by atoms with Gasteiger partial charge in [0.25, 0.3) is 5.91 Å². The number of aryl methyl sites for hydroxylation is 1. The second-order valence-corrected chi connectivity index (χ2v) is 5.94. The van der Waals surface area contributed by atoms with Gasteiger partial charge >= 0.3 is 0 Å². The van der Waals surface area contributed by atoms with Crippen molar-refractivity contribution in [1.82, 2.24) is 5.32 Å². The molecule has 6 nitrogen and oxygen atoms in total. The topological polar surface area (TPSA) is 76.7 Å². The Morgan fingerprint density at radius 2 is 1.67 bits per heavy atom. The minimum Gasteiger partial charge on any atom is -0.493 e. The van der Waals surface area contributed by atoms with E-state index in [2.05, 4.69) is 10.6 Å². The van der Waals surface area contributed by atoms with E-state index in [1.807, 2.05) is 6.92 Å². The van der Waals surface area contributed by atoms with E-state index in [9.17, 15) is 14.0 Å². The molecule has 144 valence electrons. The second kappa shape index (κ2) is 9.56. The molecule has 0 saturated heterocycles. The fourth-order valence-electron chi connectivity index (χ4n) is 2.48. The number of amides is 2. The summed E-state index contributed by atoms with van der Waals surface area (Å²) in [5, 5.41) is 5.54. The minimum atomic E-state index is -0.395. The fourth-order valence-corrected chi connectivity index (χ4v) is 2.48. The molecule has 0 unspecified atom stereocenters. The van der Waals surface area contributed by atoms with Crippen molar-refractivity contribution in [2.75, 3.05) is 26.1 Å². The average molecular weight is 374 g/mol. The van der Waals surface area contributed by atoms with E-state index in [0.717, 1.165) is 5.56 Å². The fraction of sp³-hybridized carbons (Fsp3) is 0.300. The van der Waals surface area contributed by atoms with Crippen LogP contribution in [0.3, 0.4) is 0 Å². The first kappa shape index (κ1) is 20.2. The van der Waals surface area contributed by atoms with Crippen molar-refractivity contribution >= 4 is 17.5 Å². The first-order chi connectivity index (χ1) is 12.9. The van der Waals surface area contributed by atoms with Crippen LogP contribution >= 0.6 is 0 Å². The largest absolute Gasteiger partial charge is 0.493 e. The van der Waals surface area contributed by atoms with Gasteiger partial charge in [0.05, 0.1) is 14.2 Å². The minimum absolute atomic E-state index is 0.165. The van der Waals surface area contributed by atoms with Gasteiger partial charge in [-0.05, 0) is 49.2 Å². The lowest BCUT2D eigenvalue weighted by Gasteiger charge is -2.13. The lowest BCUT2D eigenvalue weighted by atomic mass is 10.1. The molecule has 0 heterocycles. The highest BCUT2D eigenvalue weighted by Crippen LogP contribution is 2.32. The number of ether oxygens (including phenoxy) is 2. The van der Waals surface area contributed by atoms with Crippen molar-refractivity contribution in [3.8, 4) is 11.5 Å². The maximum absolute atomic E-state index is 12.9. The van der Waals surface area contributed by atoms with E-state index < -0.39 is 5.82 Å². The van der Waals surface area contributed by atoms with Gasteiger partial charge in [0.15, 0.2) is 11.5 Å². The Morgan fingerprint density at radius 3 is 2.30 bits per heavy atom. The smallest absolute Gasteiger partial charge is 0.251 e. The molecule has 0 spiro atoms. The number of benzene rings is 2. The molecule has 2 amide bonds. The maximum atomic E-state index is 12.9. The van der Waals surface area contributed by atoms with Gasteiger partial charge in [-0.15, -0.1) is 0 Å². The number of rotatable bonds is 8. The monoisotopic (exact) mass is 374 g/mol. The van der Waals surface area contributed by atoms with Gasteiger partial charge < -0.3 is 20.1 Å². The maximum Gasteiger partial charge on any atom is 0.251 e. The van der Waals surface area contributed by atoms with E-state index in [0.29, 0.717) is 35.7 Å². The molecule has 2 aromatic rings. The standard InChI is InChI=1S/C20H23FN2O4/c1-13-11-17(26-2)18(27-3)12-16(13)23-19(24)5-4-10-22-20(25)14-6-8-15(21)9-7-14/h6-9,11-12H,4-5,10H2,1-3H3,(H,22,25)(H,23,24). The van der Waals surface area contributed by atoms with E-state index in [4.69, 9.17) is 9.47 Å². The van der Waals surface area contributed by atoms with E-state index in [1.54, 1.807) is 19.2 Å². The number of carbonyl (C=O) groups is 2. The Kier molecular flexibility index (Phi) is 7.16. The Bertz CT molecular complexity index is 806. The summed E-state index contributed by atoms with van der Waals surface area (Å²) in [6.45, 7) is 2.20. The van der Waals surface area contributed by atoms with Crippen LogP contribution in [-0.4, -0.2) is 32.6 Å².